The van der Waals surface area contributed by atoms with Crippen LogP contribution in [0.2, 0.25) is 0 Å². The molecule has 0 unspecified atom stereocenters. The normalized spacial score (nSPS) is 17.6. The van der Waals surface area contributed by atoms with Crippen molar-refractivity contribution in [2.24, 2.45) is 0 Å². The lowest BCUT2D eigenvalue weighted by molar-refractivity contribution is 0.312. The first kappa shape index (κ1) is 10.4. The van der Waals surface area contributed by atoms with Crippen LogP contribution >= 0.6 is 0 Å². The Morgan fingerprint density at radius 1 is 1.12 bits per heavy atom. The highest BCUT2D eigenvalue weighted by molar-refractivity contribution is 5.70. The topological polar surface area (TPSA) is 45.2 Å². The summed E-state index contributed by atoms with van der Waals surface area (Å²) in [6.07, 6.45) is 3.60. The van der Waals surface area contributed by atoms with Crippen LogP contribution in [-0.2, 0) is 0 Å². The van der Waals surface area contributed by atoms with Crippen molar-refractivity contribution in [2.75, 3.05) is 38.1 Å². The highest BCUT2D eigenvalue weighted by Crippen LogP contribution is 2.14. The second kappa shape index (κ2) is 4.25. The third kappa shape index (κ3) is 2.06. The van der Waals surface area contributed by atoms with Crippen LogP contribution < -0.4 is 4.90 Å². The van der Waals surface area contributed by atoms with Gasteiger partial charge in [0.2, 0.25) is 0 Å². The molecule has 0 amide bonds. The van der Waals surface area contributed by atoms with Gasteiger partial charge in [0, 0.05) is 32.4 Å². The zero-order chi connectivity index (χ0) is 11.7. The molecule has 0 aliphatic carbocycles. The maximum Gasteiger partial charge on any atom is 0.180 e. The molecule has 0 N–H and O–H groups in total. The molecule has 0 bridgehead atoms. The number of rotatable bonds is 1. The van der Waals surface area contributed by atoms with Gasteiger partial charge in [0.1, 0.15) is 11.3 Å². The van der Waals surface area contributed by atoms with Crippen molar-refractivity contribution in [3.8, 4) is 0 Å². The van der Waals surface area contributed by atoms with Gasteiger partial charge in [0.25, 0.3) is 0 Å². The second-order valence-electron chi connectivity index (χ2n) is 4.36. The van der Waals surface area contributed by atoms with Crippen molar-refractivity contribution < 1.29 is 0 Å². The first-order valence-electron chi connectivity index (χ1n) is 5.84. The quantitative estimate of drug-likeness (QED) is 0.723. The largest absolute Gasteiger partial charge is 0.353 e. The van der Waals surface area contributed by atoms with Gasteiger partial charge in [0.05, 0.1) is 6.20 Å². The Balaban J connectivity index is 1.90. The van der Waals surface area contributed by atoms with Gasteiger partial charge in [-0.25, -0.2) is 15.0 Å². The Morgan fingerprint density at radius 2 is 1.94 bits per heavy atom. The lowest BCUT2D eigenvalue weighted by atomic mass is 10.3. The Bertz CT molecular complexity index is 519. The van der Waals surface area contributed by atoms with Crippen molar-refractivity contribution in [1.82, 2.24) is 19.9 Å². The molecule has 17 heavy (non-hydrogen) atoms. The lowest BCUT2D eigenvalue weighted by Gasteiger charge is -2.32. The third-order valence-corrected chi connectivity index (χ3v) is 3.13. The Morgan fingerprint density at radius 3 is 2.76 bits per heavy atom. The third-order valence-electron chi connectivity index (χ3n) is 3.13. The summed E-state index contributed by atoms with van der Waals surface area (Å²) in [6.45, 7) is 4.15. The first-order chi connectivity index (χ1) is 8.33. The molecule has 1 saturated heterocycles. The summed E-state index contributed by atoms with van der Waals surface area (Å²) < 4.78 is 0. The molecule has 1 aliphatic rings. The Kier molecular flexibility index (Phi) is 2.60. The maximum absolute atomic E-state index is 4.56. The summed E-state index contributed by atoms with van der Waals surface area (Å²) in [5.41, 5.74) is 1.58. The summed E-state index contributed by atoms with van der Waals surface area (Å²) in [7, 11) is 2.14. The standard InChI is InChI=1S/C12H15N5/c1-16-5-7-17(8-6-16)11-9-14-10-3-2-4-13-12(10)15-11/h2-4,9H,5-8H2,1H3. The van der Waals surface area contributed by atoms with Gasteiger partial charge in [0.15, 0.2) is 5.65 Å². The van der Waals surface area contributed by atoms with E-state index in [1.165, 1.54) is 0 Å². The summed E-state index contributed by atoms with van der Waals surface area (Å²) in [5.74, 6) is 0.935. The van der Waals surface area contributed by atoms with Crippen LogP contribution in [0.25, 0.3) is 11.2 Å². The molecule has 5 nitrogen and oxygen atoms in total. The molecular weight excluding hydrogens is 214 g/mol. The molecule has 0 aromatic carbocycles. The lowest BCUT2D eigenvalue weighted by Crippen LogP contribution is -2.44. The van der Waals surface area contributed by atoms with Crippen molar-refractivity contribution in [2.45, 2.75) is 0 Å². The fourth-order valence-corrected chi connectivity index (χ4v) is 2.03. The van der Waals surface area contributed by atoms with Crippen molar-refractivity contribution in [3.05, 3.63) is 24.5 Å². The highest BCUT2D eigenvalue weighted by Gasteiger charge is 2.15. The number of anilines is 1. The van der Waals surface area contributed by atoms with Crippen molar-refractivity contribution in [1.29, 1.82) is 0 Å². The Labute approximate surface area is 100 Å². The van der Waals surface area contributed by atoms with E-state index in [1.807, 2.05) is 18.3 Å². The molecule has 2 aromatic rings. The van der Waals surface area contributed by atoms with E-state index in [2.05, 4.69) is 31.8 Å². The number of aromatic nitrogens is 3. The molecular formula is C12H15N5. The predicted molar refractivity (Wildman–Crippen MR) is 67.0 cm³/mol. The van der Waals surface area contributed by atoms with E-state index in [1.54, 1.807) is 6.20 Å². The minimum absolute atomic E-state index is 0.726. The zero-order valence-corrected chi connectivity index (χ0v) is 9.87. The maximum atomic E-state index is 4.56. The minimum Gasteiger partial charge on any atom is -0.353 e. The zero-order valence-electron chi connectivity index (χ0n) is 9.87. The fraction of sp³-hybridized carbons (Fsp3) is 0.417. The van der Waals surface area contributed by atoms with Crippen LogP contribution in [0.1, 0.15) is 0 Å². The van der Waals surface area contributed by atoms with Gasteiger partial charge in [-0.15, -0.1) is 0 Å². The van der Waals surface area contributed by atoms with Crippen LogP contribution in [0.3, 0.4) is 0 Å². The summed E-state index contributed by atoms with van der Waals surface area (Å²) >= 11 is 0. The van der Waals surface area contributed by atoms with Crippen LogP contribution in [-0.4, -0.2) is 53.1 Å². The van der Waals surface area contributed by atoms with E-state index in [0.717, 1.165) is 43.2 Å². The van der Waals surface area contributed by atoms with E-state index in [4.69, 9.17) is 0 Å². The van der Waals surface area contributed by atoms with Crippen molar-refractivity contribution in [3.63, 3.8) is 0 Å². The molecule has 3 rings (SSSR count). The van der Waals surface area contributed by atoms with Crippen molar-refractivity contribution >= 4 is 17.0 Å². The van der Waals surface area contributed by atoms with E-state index in [-0.39, 0.29) is 0 Å². The van der Waals surface area contributed by atoms with Gasteiger partial charge in [-0.3, -0.25) is 0 Å². The smallest absolute Gasteiger partial charge is 0.180 e. The molecule has 0 radical (unpaired) electrons. The number of pyridine rings is 1. The molecule has 1 aliphatic heterocycles. The minimum atomic E-state index is 0.726. The summed E-state index contributed by atoms with van der Waals surface area (Å²) in [5, 5.41) is 0. The van der Waals surface area contributed by atoms with Gasteiger partial charge in [-0.05, 0) is 19.2 Å². The molecule has 1 fully saturated rings. The van der Waals surface area contributed by atoms with Gasteiger partial charge in [-0.1, -0.05) is 0 Å². The van der Waals surface area contributed by atoms with Gasteiger partial charge < -0.3 is 9.80 Å². The molecule has 0 atom stereocenters. The number of hydrogen-bond acceptors (Lipinski definition) is 5. The van der Waals surface area contributed by atoms with E-state index in [9.17, 15) is 0 Å². The average molecular weight is 229 g/mol. The Hall–Kier alpha value is -1.75. The number of likely N-dealkylation sites (N-methyl/N-ethyl adjacent to an activating group) is 1. The van der Waals surface area contributed by atoms with Crippen LogP contribution in [0.5, 0.6) is 0 Å². The second-order valence-corrected chi connectivity index (χ2v) is 4.36. The van der Waals surface area contributed by atoms with E-state index < -0.39 is 0 Å². The molecule has 0 saturated carbocycles. The first-order valence-corrected chi connectivity index (χ1v) is 5.84. The van der Waals surface area contributed by atoms with Gasteiger partial charge in [-0.2, -0.15) is 0 Å². The fourth-order valence-electron chi connectivity index (χ4n) is 2.03. The molecule has 2 aromatic heterocycles. The van der Waals surface area contributed by atoms with Crippen LogP contribution in [0.4, 0.5) is 5.82 Å². The monoisotopic (exact) mass is 229 g/mol. The predicted octanol–water partition coefficient (Wildman–Crippen LogP) is 0.777. The summed E-state index contributed by atoms with van der Waals surface area (Å²) in [6, 6.07) is 3.82. The number of fused-ring (bicyclic) bond motifs is 1. The molecule has 5 heteroatoms. The number of hydrogen-bond donors (Lipinski definition) is 0. The molecule has 3 heterocycles. The average Bonchev–Trinajstić information content (AvgIpc) is 2.39. The van der Waals surface area contributed by atoms with Gasteiger partial charge >= 0.3 is 0 Å². The van der Waals surface area contributed by atoms with E-state index in [0.29, 0.717) is 0 Å². The number of nitrogens with zero attached hydrogens (tertiary/aromatic N) is 5. The highest BCUT2D eigenvalue weighted by atomic mass is 15.3. The van der Waals surface area contributed by atoms with Crippen LogP contribution in [0.15, 0.2) is 24.5 Å². The summed E-state index contributed by atoms with van der Waals surface area (Å²) in [4.78, 5) is 17.8. The van der Waals surface area contributed by atoms with Crippen LogP contribution in [0, 0.1) is 0 Å². The SMILES string of the molecule is CN1CCN(c2cnc3cccnc3n2)CC1. The number of piperazine rings is 1. The van der Waals surface area contributed by atoms with E-state index >= 15 is 0 Å². The molecule has 88 valence electrons. The molecule has 0 spiro atoms.